The quantitative estimate of drug-likeness (QED) is 0.810. The average molecular weight is 207 g/mol. The molecule has 3 nitrogen and oxygen atoms in total. The maximum absolute atomic E-state index is 5.98. The van der Waals surface area contributed by atoms with E-state index in [4.69, 9.17) is 10.8 Å². The summed E-state index contributed by atoms with van der Waals surface area (Å²) in [5.74, 6) is 0. The molecule has 1 atom stereocenters. The fourth-order valence-electron chi connectivity index (χ4n) is 1.73. The van der Waals surface area contributed by atoms with Crippen LogP contribution in [0, 0.1) is 0 Å². The van der Waals surface area contributed by atoms with Gasteiger partial charge in [-0.3, -0.25) is 4.68 Å². The molecule has 1 saturated carbocycles. The predicted octanol–water partition coefficient (Wildman–Crippen LogP) is 2.54. The van der Waals surface area contributed by atoms with Gasteiger partial charge in [-0.15, -0.1) is 0 Å². The van der Waals surface area contributed by atoms with Crippen LogP contribution in [-0.2, 0) is 5.41 Å². The van der Waals surface area contributed by atoms with Crippen LogP contribution in [0.4, 0.5) is 0 Å². The third-order valence-electron chi connectivity index (χ3n) is 2.89. The second-order valence-electron chi connectivity index (χ2n) is 5.67. The van der Waals surface area contributed by atoms with Crippen LogP contribution in [0.2, 0.25) is 0 Å². The lowest BCUT2D eigenvalue weighted by Crippen LogP contribution is -2.13. The number of hydrogen-bond donors (Lipinski definition) is 1. The van der Waals surface area contributed by atoms with Gasteiger partial charge in [0.15, 0.2) is 0 Å². The highest BCUT2D eigenvalue weighted by molar-refractivity contribution is 5.20. The lowest BCUT2D eigenvalue weighted by Gasteiger charge is -2.14. The van der Waals surface area contributed by atoms with E-state index in [2.05, 4.69) is 31.5 Å². The zero-order chi connectivity index (χ0) is 11.2. The van der Waals surface area contributed by atoms with Crippen molar-refractivity contribution in [3.63, 3.8) is 0 Å². The number of nitrogens with two attached hydrogens (primary N) is 1. The van der Waals surface area contributed by atoms with Gasteiger partial charge in [-0.05, 0) is 25.8 Å². The van der Waals surface area contributed by atoms with Crippen molar-refractivity contribution in [1.29, 1.82) is 0 Å². The van der Waals surface area contributed by atoms with Crippen molar-refractivity contribution in [2.75, 3.05) is 0 Å². The van der Waals surface area contributed by atoms with Gasteiger partial charge in [-0.2, -0.15) is 5.10 Å². The molecule has 0 amide bonds. The first-order valence-corrected chi connectivity index (χ1v) is 5.75. The second kappa shape index (κ2) is 3.34. The molecular formula is C12H21N3. The highest BCUT2D eigenvalue weighted by Crippen LogP contribution is 2.37. The summed E-state index contributed by atoms with van der Waals surface area (Å²) in [4.78, 5) is 0. The van der Waals surface area contributed by atoms with Crippen LogP contribution in [0.25, 0.3) is 0 Å². The van der Waals surface area contributed by atoms with Gasteiger partial charge in [0.05, 0.1) is 17.4 Å². The van der Waals surface area contributed by atoms with Gasteiger partial charge in [0.2, 0.25) is 0 Å². The largest absolute Gasteiger partial charge is 0.323 e. The third kappa shape index (κ3) is 2.07. The minimum absolute atomic E-state index is 0.0780. The van der Waals surface area contributed by atoms with Gasteiger partial charge in [0.1, 0.15) is 0 Å². The summed E-state index contributed by atoms with van der Waals surface area (Å²) in [5, 5.41) is 4.70. The fourth-order valence-corrected chi connectivity index (χ4v) is 1.73. The Balaban J connectivity index is 2.40. The second-order valence-corrected chi connectivity index (χ2v) is 5.67. The molecule has 1 aliphatic carbocycles. The Morgan fingerprint density at radius 2 is 2.07 bits per heavy atom. The van der Waals surface area contributed by atoms with Gasteiger partial charge >= 0.3 is 0 Å². The highest BCUT2D eigenvalue weighted by Gasteiger charge is 2.30. The first-order valence-electron chi connectivity index (χ1n) is 5.75. The minimum atomic E-state index is 0.0780. The maximum atomic E-state index is 5.98. The standard InChI is InChI=1S/C12H21N3/c1-8(13)10-7-11(12(2,3)4)14-15(10)9-5-6-9/h7-9H,5-6,13H2,1-4H3/t8-/m1/s1. The molecule has 3 heteroatoms. The van der Waals surface area contributed by atoms with Crippen LogP contribution >= 0.6 is 0 Å². The Kier molecular flexibility index (Phi) is 2.38. The van der Waals surface area contributed by atoms with Gasteiger partial charge in [0.25, 0.3) is 0 Å². The lowest BCUT2D eigenvalue weighted by atomic mass is 9.92. The van der Waals surface area contributed by atoms with Crippen LogP contribution in [0.1, 0.15) is 64.0 Å². The summed E-state index contributed by atoms with van der Waals surface area (Å²) >= 11 is 0. The van der Waals surface area contributed by atoms with E-state index in [9.17, 15) is 0 Å². The third-order valence-corrected chi connectivity index (χ3v) is 2.89. The molecular weight excluding hydrogens is 186 g/mol. The van der Waals surface area contributed by atoms with E-state index < -0.39 is 0 Å². The molecule has 0 radical (unpaired) electrons. The Morgan fingerprint density at radius 1 is 1.47 bits per heavy atom. The molecule has 1 aromatic heterocycles. The van der Waals surface area contributed by atoms with E-state index in [0.29, 0.717) is 6.04 Å². The average Bonchev–Trinajstić information content (AvgIpc) is 2.81. The van der Waals surface area contributed by atoms with Gasteiger partial charge < -0.3 is 5.73 Å². The van der Waals surface area contributed by atoms with Crippen molar-refractivity contribution in [2.24, 2.45) is 5.73 Å². The summed E-state index contributed by atoms with van der Waals surface area (Å²) in [5.41, 5.74) is 8.43. The molecule has 0 aromatic carbocycles. The Bertz CT molecular complexity index is 334. The zero-order valence-electron chi connectivity index (χ0n) is 10.1. The van der Waals surface area contributed by atoms with E-state index in [-0.39, 0.29) is 11.5 Å². The predicted molar refractivity (Wildman–Crippen MR) is 61.8 cm³/mol. The molecule has 0 aliphatic heterocycles. The zero-order valence-corrected chi connectivity index (χ0v) is 10.1. The molecule has 2 rings (SSSR count). The number of hydrogen-bond acceptors (Lipinski definition) is 2. The Morgan fingerprint density at radius 3 is 2.47 bits per heavy atom. The summed E-state index contributed by atoms with van der Waals surface area (Å²) in [6.07, 6.45) is 2.51. The molecule has 15 heavy (non-hydrogen) atoms. The lowest BCUT2D eigenvalue weighted by molar-refractivity contribution is 0.524. The van der Waals surface area contributed by atoms with E-state index in [0.717, 1.165) is 5.69 Å². The topological polar surface area (TPSA) is 43.8 Å². The smallest absolute Gasteiger partial charge is 0.0681 e. The van der Waals surface area contributed by atoms with Crippen molar-refractivity contribution in [1.82, 2.24) is 9.78 Å². The summed E-state index contributed by atoms with van der Waals surface area (Å²) in [7, 11) is 0. The number of nitrogens with zero attached hydrogens (tertiary/aromatic N) is 2. The van der Waals surface area contributed by atoms with Gasteiger partial charge in [-0.25, -0.2) is 0 Å². The van der Waals surface area contributed by atoms with Gasteiger partial charge in [0, 0.05) is 11.5 Å². The first-order chi connectivity index (χ1) is 6.89. The number of aromatic nitrogens is 2. The van der Waals surface area contributed by atoms with Crippen molar-refractivity contribution < 1.29 is 0 Å². The normalized spacial score (nSPS) is 19.3. The molecule has 0 spiro atoms. The van der Waals surface area contributed by atoms with E-state index in [1.54, 1.807) is 0 Å². The fraction of sp³-hybridized carbons (Fsp3) is 0.750. The van der Waals surface area contributed by atoms with Crippen LogP contribution in [0.5, 0.6) is 0 Å². The molecule has 2 N–H and O–H groups in total. The van der Waals surface area contributed by atoms with Crippen molar-refractivity contribution in [3.05, 3.63) is 17.5 Å². The highest BCUT2D eigenvalue weighted by atomic mass is 15.3. The van der Waals surface area contributed by atoms with Crippen LogP contribution in [0.3, 0.4) is 0 Å². The molecule has 84 valence electrons. The molecule has 1 aliphatic rings. The number of rotatable bonds is 2. The Hall–Kier alpha value is -0.830. The SMILES string of the molecule is C[C@@H](N)c1cc(C(C)(C)C)nn1C1CC1. The van der Waals surface area contributed by atoms with E-state index in [1.165, 1.54) is 18.5 Å². The molecule has 0 unspecified atom stereocenters. The summed E-state index contributed by atoms with van der Waals surface area (Å²) in [6.45, 7) is 8.61. The van der Waals surface area contributed by atoms with Crippen molar-refractivity contribution >= 4 is 0 Å². The van der Waals surface area contributed by atoms with Crippen molar-refractivity contribution in [3.8, 4) is 0 Å². The molecule has 0 saturated heterocycles. The van der Waals surface area contributed by atoms with E-state index >= 15 is 0 Å². The molecule has 0 bridgehead atoms. The molecule has 1 heterocycles. The molecule has 1 aromatic rings. The van der Waals surface area contributed by atoms with Crippen LogP contribution in [0.15, 0.2) is 6.07 Å². The first kappa shape index (κ1) is 10.7. The van der Waals surface area contributed by atoms with E-state index in [1.807, 2.05) is 6.92 Å². The Labute approximate surface area is 91.7 Å². The van der Waals surface area contributed by atoms with Crippen molar-refractivity contribution in [2.45, 2.75) is 58.0 Å². The van der Waals surface area contributed by atoms with Crippen LogP contribution < -0.4 is 5.73 Å². The van der Waals surface area contributed by atoms with Crippen LogP contribution in [-0.4, -0.2) is 9.78 Å². The molecule has 1 fully saturated rings. The minimum Gasteiger partial charge on any atom is -0.323 e. The summed E-state index contributed by atoms with van der Waals surface area (Å²) in [6, 6.07) is 2.86. The monoisotopic (exact) mass is 207 g/mol. The summed E-state index contributed by atoms with van der Waals surface area (Å²) < 4.78 is 2.14. The maximum Gasteiger partial charge on any atom is 0.0681 e. The van der Waals surface area contributed by atoms with Gasteiger partial charge in [-0.1, -0.05) is 20.8 Å².